The van der Waals surface area contributed by atoms with Gasteiger partial charge in [-0.1, -0.05) is 23.8 Å². The lowest BCUT2D eigenvalue weighted by Crippen LogP contribution is -2.02. The summed E-state index contributed by atoms with van der Waals surface area (Å²) in [5, 5.41) is 0. The highest BCUT2D eigenvalue weighted by molar-refractivity contribution is 6.19. The average Bonchev–Trinajstić information content (AvgIpc) is 2.17. The molecule has 2 aliphatic rings. The van der Waals surface area contributed by atoms with Crippen LogP contribution in [0.1, 0.15) is 25.7 Å². The van der Waals surface area contributed by atoms with Crippen molar-refractivity contribution in [3.8, 4) is 0 Å². The number of alkyl halides is 1. The van der Waals surface area contributed by atoms with Crippen molar-refractivity contribution in [2.45, 2.75) is 25.7 Å². The van der Waals surface area contributed by atoms with Crippen LogP contribution < -0.4 is 0 Å². The minimum absolute atomic E-state index is 0.682. The van der Waals surface area contributed by atoms with Gasteiger partial charge in [-0.15, -0.1) is 11.6 Å². The maximum Gasteiger partial charge on any atom is 0.0439 e. The van der Waals surface area contributed by atoms with Crippen molar-refractivity contribution in [2.75, 3.05) is 5.88 Å². The SMILES string of the molecule is ClCC1=CC=C2CCCC=C2C1. The highest BCUT2D eigenvalue weighted by Crippen LogP contribution is 2.32. The van der Waals surface area contributed by atoms with Crippen molar-refractivity contribution < 1.29 is 0 Å². The van der Waals surface area contributed by atoms with Gasteiger partial charge in [-0.3, -0.25) is 0 Å². The van der Waals surface area contributed by atoms with Crippen LogP contribution in [0.2, 0.25) is 0 Å². The molecule has 0 bridgehead atoms. The van der Waals surface area contributed by atoms with Crippen LogP contribution in [0.5, 0.6) is 0 Å². The molecule has 0 saturated carbocycles. The van der Waals surface area contributed by atoms with E-state index in [1.807, 2.05) is 0 Å². The second-order valence-corrected chi connectivity index (χ2v) is 3.72. The summed E-state index contributed by atoms with van der Waals surface area (Å²) in [6.07, 6.45) is 11.7. The third-order valence-electron chi connectivity index (χ3n) is 2.56. The highest BCUT2D eigenvalue weighted by Gasteiger charge is 2.13. The van der Waals surface area contributed by atoms with Crippen LogP contribution in [-0.4, -0.2) is 5.88 Å². The lowest BCUT2D eigenvalue weighted by atomic mass is 9.86. The van der Waals surface area contributed by atoms with Crippen LogP contribution in [0.4, 0.5) is 0 Å². The molecule has 0 radical (unpaired) electrons. The van der Waals surface area contributed by atoms with E-state index in [9.17, 15) is 0 Å². The van der Waals surface area contributed by atoms with E-state index in [1.54, 1.807) is 0 Å². The van der Waals surface area contributed by atoms with Gasteiger partial charge in [-0.25, -0.2) is 0 Å². The molecular weight excluding hydrogens is 168 g/mol. The fourth-order valence-electron chi connectivity index (χ4n) is 1.85. The summed E-state index contributed by atoms with van der Waals surface area (Å²) in [6, 6.07) is 0. The fourth-order valence-corrected chi connectivity index (χ4v) is 2.03. The van der Waals surface area contributed by atoms with Gasteiger partial charge in [-0.05, 0) is 36.8 Å². The van der Waals surface area contributed by atoms with Crippen molar-refractivity contribution >= 4 is 11.6 Å². The Labute approximate surface area is 78.6 Å². The summed E-state index contributed by atoms with van der Waals surface area (Å²) in [7, 11) is 0. The van der Waals surface area contributed by atoms with E-state index in [4.69, 9.17) is 11.6 Å². The van der Waals surface area contributed by atoms with E-state index in [0.29, 0.717) is 5.88 Å². The molecule has 12 heavy (non-hydrogen) atoms. The van der Waals surface area contributed by atoms with E-state index in [-0.39, 0.29) is 0 Å². The predicted molar refractivity (Wildman–Crippen MR) is 53.4 cm³/mol. The zero-order valence-electron chi connectivity index (χ0n) is 7.15. The molecule has 1 heteroatoms. The van der Waals surface area contributed by atoms with Gasteiger partial charge in [0.1, 0.15) is 0 Å². The Bertz CT molecular complexity index is 269. The summed E-state index contributed by atoms with van der Waals surface area (Å²) in [5.74, 6) is 0.682. The predicted octanol–water partition coefficient (Wildman–Crippen LogP) is 3.59. The molecule has 0 saturated heterocycles. The van der Waals surface area contributed by atoms with E-state index in [2.05, 4.69) is 18.2 Å². The van der Waals surface area contributed by atoms with Gasteiger partial charge in [0.25, 0.3) is 0 Å². The lowest BCUT2D eigenvalue weighted by molar-refractivity contribution is 0.784. The third-order valence-corrected chi connectivity index (χ3v) is 2.91. The first-order valence-corrected chi connectivity index (χ1v) is 5.07. The minimum atomic E-state index is 0.682. The molecule has 2 rings (SSSR count). The third kappa shape index (κ3) is 1.49. The fraction of sp³-hybridized carbons (Fsp3) is 0.455. The molecule has 0 aliphatic heterocycles. The van der Waals surface area contributed by atoms with Crippen molar-refractivity contribution in [2.24, 2.45) is 0 Å². The van der Waals surface area contributed by atoms with Crippen LogP contribution in [0.3, 0.4) is 0 Å². The first-order chi connectivity index (χ1) is 5.90. The van der Waals surface area contributed by atoms with Gasteiger partial charge in [0.15, 0.2) is 0 Å². The summed E-state index contributed by atoms with van der Waals surface area (Å²) < 4.78 is 0. The first-order valence-electron chi connectivity index (χ1n) is 4.54. The van der Waals surface area contributed by atoms with Crippen LogP contribution in [0.25, 0.3) is 0 Å². The normalized spacial score (nSPS) is 22.2. The standard InChI is InChI=1S/C11H13Cl/c12-8-9-5-6-10-3-1-2-4-11(10)7-9/h4-6H,1-3,7-8H2. The summed E-state index contributed by atoms with van der Waals surface area (Å²) >= 11 is 5.79. The van der Waals surface area contributed by atoms with Crippen LogP contribution in [0, 0.1) is 0 Å². The Morgan fingerprint density at radius 1 is 1.25 bits per heavy atom. The molecule has 0 aromatic rings. The van der Waals surface area contributed by atoms with Crippen molar-refractivity contribution in [3.05, 3.63) is 34.9 Å². The lowest BCUT2D eigenvalue weighted by Gasteiger charge is -2.20. The molecule has 0 aromatic carbocycles. The molecular formula is C11H13Cl. The minimum Gasteiger partial charge on any atom is -0.122 e. The molecule has 64 valence electrons. The molecule has 0 atom stereocenters. The molecule has 0 fully saturated rings. The first kappa shape index (κ1) is 8.12. The topological polar surface area (TPSA) is 0 Å². The van der Waals surface area contributed by atoms with Crippen molar-refractivity contribution in [1.82, 2.24) is 0 Å². The largest absolute Gasteiger partial charge is 0.122 e. The summed E-state index contributed by atoms with van der Waals surface area (Å²) in [5.41, 5.74) is 4.42. The monoisotopic (exact) mass is 180 g/mol. The number of halogens is 1. The molecule has 0 amide bonds. The highest BCUT2D eigenvalue weighted by atomic mass is 35.5. The number of fused-ring (bicyclic) bond motifs is 1. The van der Waals surface area contributed by atoms with Gasteiger partial charge >= 0.3 is 0 Å². The maximum absolute atomic E-state index is 5.79. The summed E-state index contributed by atoms with van der Waals surface area (Å²) in [4.78, 5) is 0. The second kappa shape index (κ2) is 3.49. The summed E-state index contributed by atoms with van der Waals surface area (Å²) in [6.45, 7) is 0. The van der Waals surface area contributed by atoms with Gasteiger partial charge < -0.3 is 0 Å². The number of hydrogen-bond acceptors (Lipinski definition) is 0. The molecule has 0 unspecified atom stereocenters. The van der Waals surface area contributed by atoms with Crippen molar-refractivity contribution in [3.63, 3.8) is 0 Å². The van der Waals surface area contributed by atoms with E-state index in [0.717, 1.165) is 6.42 Å². The zero-order chi connectivity index (χ0) is 8.39. The number of rotatable bonds is 1. The Kier molecular flexibility index (Phi) is 2.36. The molecule has 0 heterocycles. The number of allylic oxidation sites excluding steroid dienone is 6. The van der Waals surface area contributed by atoms with E-state index in [1.165, 1.54) is 36.0 Å². The Hall–Kier alpha value is -0.490. The van der Waals surface area contributed by atoms with Crippen LogP contribution in [-0.2, 0) is 0 Å². The van der Waals surface area contributed by atoms with E-state index < -0.39 is 0 Å². The molecule has 0 aromatic heterocycles. The smallest absolute Gasteiger partial charge is 0.0439 e. The van der Waals surface area contributed by atoms with Gasteiger partial charge in [-0.2, -0.15) is 0 Å². The Morgan fingerprint density at radius 2 is 2.17 bits per heavy atom. The molecule has 2 aliphatic carbocycles. The van der Waals surface area contributed by atoms with Gasteiger partial charge in [0.2, 0.25) is 0 Å². The van der Waals surface area contributed by atoms with Gasteiger partial charge in [0, 0.05) is 5.88 Å². The Morgan fingerprint density at radius 3 is 3.00 bits per heavy atom. The average molecular weight is 181 g/mol. The van der Waals surface area contributed by atoms with Crippen molar-refractivity contribution in [1.29, 1.82) is 0 Å². The second-order valence-electron chi connectivity index (χ2n) is 3.45. The Balaban J connectivity index is 2.25. The molecule has 0 spiro atoms. The quantitative estimate of drug-likeness (QED) is 0.541. The molecule has 0 N–H and O–H groups in total. The van der Waals surface area contributed by atoms with E-state index >= 15 is 0 Å². The zero-order valence-corrected chi connectivity index (χ0v) is 7.90. The van der Waals surface area contributed by atoms with Crippen LogP contribution >= 0.6 is 11.6 Å². The van der Waals surface area contributed by atoms with Gasteiger partial charge in [0.05, 0.1) is 0 Å². The molecule has 0 nitrogen and oxygen atoms in total. The van der Waals surface area contributed by atoms with Crippen LogP contribution in [0.15, 0.2) is 34.9 Å². The number of hydrogen-bond donors (Lipinski definition) is 0. The maximum atomic E-state index is 5.79.